The molecule has 0 aromatic rings. The van der Waals surface area contributed by atoms with Crippen LogP contribution in [0, 0.1) is 0 Å². The largest absolute Gasteiger partial charge is 0.393 e. The summed E-state index contributed by atoms with van der Waals surface area (Å²) in [7, 11) is 0. The molecule has 0 aromatic carbocycles. The van der Waals surface area contributed by atoms with Gasteiger partial charge in [0.05, 0.1) is 12.2 Å². The normalized spacial score (nSPS) is 15.3. The third kappa shape index (κ3) is 29.9. The summed E-state index contributed by atoms with van der Waals surface area (Å²) in [5.41, 5.74) is 0. The molecule has 0 aliphatic heterocycles. The predicted molar refractivity (Wildman–Crippen MR) is 186 cm³/mol. The fraction of sp³-hybridized carbons (Fsp3) is 0.718. The highest BCUT2D eigenvalue weighted by molar-refractivity contribution is 5.76. The monoisotopic (exact) mass is 598 g/mol. The average molecular weight is 598 g/mol. The number of carbonyl (C=O) groups excluding carboxylic acids is 1. The van der Waals surface area contributed by atoms with Gasteiger partial charge in [-0.3, -0.25) is 4.79 Å². The maximum absolute atomic E-state index is 11.7. The Hall–Kier alpha value is -1.91. The molecule has 1 aliphatic carbocycles. The van der Waals surface area contributed by atoms with Crippen molar-refractivity contribution in [2.24, 2.45) is 0 Å². The van der Waals surface area contributed by atoms with Crippen molar-refractivity contribution in [3.8, 4) is 0 Å². The fourth-order valence-corrected chi connectivity index (χ4v) is 5.09. The molecular formula is C39H67NO3. The van der Waals surface area contributed by atoms with Gasteiger partial charge in [-0.2, -0.15) is 0 Å². The van der Waals surface area contributed by atoms with Crippen molar-refractivity contribution in [1.82, 2.24) is 5.32 Å². The molecule has 1 aliphatic rings. The minimum absolute atomic E-state index is 0.121. The molecule has 246 valence electrons. The molecule has 4 heteroatoms. The van der Waals surface area contributed by atoms with Gasteiger partial charge in [-0.1, -0.05) is 80.4 Å². The molecule has 0 bridgehead atoms. The van der Waals surface area contributed by atoms with E-state index in [1.165, 1.54) is 77.0 Å². The SMILES string of the molecule is C=CCCCCCCC/C=C/CC/C=C/CCCC/C=C/CCCCC(O)C/C=C/CCC(O)CCCC(=O)NC1CC1. The van der Waals surface area contributed by atoms with Crippen LogP contribution in [0.2, 0.25) is 0 Å². The van der Waals surface area contributed by atoms with Crippen molar-refractivity contribution in [3.05, 3.63) is 61.3 Å². The maximum atomic E-state index is 11.7. The number of aliphatic hydroxyl groups is 2. The second-order valence-electron chi connectivity index (χ2n) is 12.5. The number of amides is 1. The van der Waals surface area contributed by atoms with Crippen molar-refractivity contribution < 1.29 is 15.0 Å². The number of rotatable bonds is 31. The number of hydrogen-bond acceptors (Lipinski definition) is 3. The minimum Gasteiger partial charge on any atom is -0.393 e. The van der Waals surface area contributed by atoms with E-state index in [-0.39, 0.29) is 18.1 Å². The van der Waals surface area contributed by atoms with Gasteiger partial charge in [-0.05, 0) is 128 Å². The van der Waals surface area contributed by atoms with Crippen LogP contribution in [0.4, 0.5) is 0 Å². The van der Waals surface area contributed by atoms with Crippen LogP contribution in [0.1, 0.15) is 161 Å². The van der Waals surface area contributed by atoms with Gasteiger partial charge in [-0.15, -0.1) is 6.58 Å². The van der Waals surface area contributed by atoms with E-state index < -0.39 is 0 Å². The van der Waals surface area contributed by atoms with E-state index in [1.54, 1.807) is 0 Å². The molecule has 4 nitrogen and oxygen atoms in total. The second-order valence-corrected chi connectivity index (χ2v) is 12.5. The Morgan fingerprint density at radius 2 is 1.07 bits per heavy atom. The molecule has 1 rings (SSSR count). The Bertz CT molecular complexity index is 764. The van der Waals surface area contributed by atoms with Crippen molar-refractivity contribution in [2.45, 2.75) is 179 Å². The number of unbranched alkanes of at least 4 members (excludes halogenated alkanes) is 12. The zero-order valence-corrected chi connectivity index (χ0v) is 27.6. The zero-order valence-electron chi connectivity index (χ0n) is 27.6. The van der Waals surface area contributed by atoms with Gasteiger partial charge in [0.25, 0.3) is 0 Å². The number of aliphatic hydroxyl groups excluding tert-OH is 2. The molecule has 0 aromatic heterocycles. The van der Waals surface area contributed by atoms with Crippen LogP contribution >= 0.6 is 0 Å². The van der Waals surface area contributed by atoms with E-state index >= 15 is 0 Å². The van der Waals surface area contributed by atoms with E-state index in [9.17, 15) is 15.0 Å². The number of carbonyl (C=O) groups is 1. The van der Waals surface area contributed by atoms with E-state index in [0.29, 0.717) is 25.3 Å². The van der Waals surface area contributed by atoms with E-state index in [4.69, 9.17) is 0 Å². The molecule has 0 saturated heterocycles. The molecule has 0 heterocycles. The van der Waals surface area contributed by atoms with Crippen molar-refractivity contribution in [3.63, 3.8) is 0 Å². The lowest BCUT2D eigenvalue weighted by molar-refractivity contribution is -0.121. The quantitative estimate of drug-likeness (QED) is 0.0550. The van der Waals surface area contributed by atoms with Crippen molar-refractivity contribution in [1.29, 1.82) is 0 Å². The van der Waals surface area contributed by atoms with Gasteiger partial charge in [0.2, 0.25) is 5.91 Å². The molecule has 1 amide bonds. The summed E-state index contributed by atoms with van der Waals surface area (Å²) in [6.07, 6.45) is 46.4. The first-order valence-corrected chi connectivity index (χ1v) is 18.0. The minimum atomic E-state index is -0.349. The standard InChI is InChI=1S/C39H67NO3/c1-2-3-4-5-6-7-8-9-10-11-12-13-14-15-16-17-18-19-20-21-22-23-25-29-37(41)30-26-24-27-31-38(42)32-28-33-39(43)40-36-34-35-36/h2,10-11,14-15,20-21,24,26,36-38,41-42H,1,3-9,12-13,16-19,22-23,25,27-35H2,(H,40,43)/b11-10+,15-14+,21-20+,26-24+. The second kappa shape index (κ2) is 30.1. The molecular weight excluding hydrogens is 530 g/mol. The third-order valence-electron chi connectivity index (χ3n) is 8.05. The highest BCUT2D eigenvalue weighted by Crippen LogP contribution is 2.19. The van der Waals surface area contributed by atoms with Crippen molar-refractivity contribution in [2.75, 3.05) is 0 Å². The summed E-state index contributed by atoms with van der Waals surface area (Å²) in [5, 5.41) is 23.3. The molecule has 43 heavy (non-hydrogen) atoms. The van der Waals surface area contributed by atoms with E-state index in [0.717, 1.165) is 64.2 Å². The molecule has 2 unspecified atom stereocenters. The first kappa shape index (κ1) is 39.1. The van der Waals surface area contributed by atoms with Crippen LogP contribution in [-0.2, 0) is 4.79 Å². The Labute approximate surface area is 265 Å². The van der Waals surface area contributed by atoms with Crippen LogP contribution in [0.3, 0.4) is 0 Å². The molecule has 2 atom stereocenters. The van der Waals surface area contributed by atoms with Crippen LogP contribution in [0.5, 0.6) is 0 Å². The topological polar surface area (TPSA) is 69.6 Å². The average Bonchev–Trinajstić information content (AvgIpc) is 3.81. The molecule has 1 fully saturated rings. The molecule has 0 radical (unpaired) electrons. The Kier molecular flexibility index (Phi) is 27.4. The summed E-state index contributed by atoms with van der Waals surface area (Å²) in [4.78, 5) is 11.7. The lowest BCUT2D eigenvalue weighted by Gasteiger charge is -2.09. The van der Waals surface area contributed by atoms with Gasteiger partial charge in [-0.25, -0.2) is 0 Å². The van der Waals surface area contributed by atoms with Crippen LogP contribution in [0.15, 0.2) is 61.3 Å². The molecule has 3 N–H and O–H groups in total. The van der Waals surface area contributed by atoms with E-state index in [1.807, 2.05) is 12.2 Å². The summed E-state index contributed by atoms with van der Waals surface area (Å²) in [6, 6.07) is 0.415. The lowest BCUT2D eigenvalue weighted by atomic mass is 10.1. The van der Waals surface area contributed by atoms with Crippen LogP contribution in [0.25, 0.3) is 0 Å². The maximum Gasteiger partial charge on any atom is 0.220 e. The molecule has 1 saturated carbocycles. The van der Waals surface area contributed by atoms with Crippen LogP contribution in [-0.4, -0.2) is 34.4 Å². The first-order chi connectivity index (χ1) is 21.1. The highest BCUT2D eigenvalue weighted by Gasteiger charge is 2.22. The highest BCUT2D eigenvalue weighted by atomic mass is 16.3. The Balaban J connectivity index is 1.81. The lowest BCUT2D eigenvalue weighted by Crippen LogP contribution is -2.25. The Morgan fingerprint density at radius 1 is 0.581 bits per heavy atom. The van der Waals surface area contributed by atoms with E-state index in [2.05, 4.69) is 54.4 Å². The van der Waals surface area contributed by atoms with Gasteiger partial charge in [0.1, 0.15) is 0 Å². The number of nitrogens with one attached hydrogen (secondary N) is 1. The number of hydrogen-bond donors (Lipinski definition) is 3. The summed E-state index contributed by atoms with van der Waals surface area (Å²) >= 11 is 0. The van der Waals surface area contributed by atoms with Gasteiger partial charge < -0.3 is 15.5 Å². The predicted octanol–water partition coefficient (Wildman–Crippen LogP) is 10.4. The van der Waals surface area contributed by atoms with Crippen molar-refractivity contribution >= 4 is 5.91 Å². The summed E-state index contributed by atoms with van der Waals surface area (Å²) in [6.45, 7) is 3.78. The fourth-order valence-electron chi connectivity index (χ4n) is 5.09. The van der Waals surface area contributed by atoms with Gasteiger partial charge in [0.15, 0.2) is 0 Å². The summed E-state index contributed by atoms with van der Waals surface area (Å²) < 4.78 is 0. The first-order valence-electron chi connectivity index (χ1n) is 18.0. The summed E-state index contributed by atoms with van der Waals surface area (Å²) in [5.74, 6) is 0.121. The third-order valence-corrected chi connectivity index (χ3v) is 8.05. The zero-order chi connectivity index (χ0) is 31.1. The smallest absolute Gasteiger partial charge is 0.220 e. The Morgan fingerprint density at radius 3 is 1.67 bits per heavy atom. The van der Waals surface area contributed by atoms with Gasteiger partial charge >= 0.3 is 0 Å². The number of allylic oxidation sites excluding steroid dienone is 8. The van der Waals surface area contributed by atoms with Crippen LogP contribution < -0.4 is 5.32 Å². The van der Waals surface area contributed by atoms with Gasteiger partial charge in [0, 0.05) is 12.5 Å². The molecule has 0 spiro atoms.